The third kappa shape index (κ3) is 6.32. The first-order valence-electron chi connectivity index (χ1n) is 13.7. The van der Waals surface area contributed by atoms with Crippen LogP contribution in [0.2, 0.25) is 0 Å². The Morgan fingerprint density at radius 2 is 1.65 bits per heavy atom. The molecule has 1 aromatic heterocycles. The summed E-state index contributed by atoms with van der Waals surface area (Å²) in [6.45, 7) is 10.3. The SMILES string of the molecule is C[C@@H]1C[C@@H](C)CN(c2cc(N3CCOCC3)nc(NC(=S)NCC3(c4ccc(F)cc4)CCCC3)n2)C1. The molecule has 0 amide bonds. The molecule has 3 fully saturated rings. The van der Waals surface area contributed by atoms with Crippen molar-refractivity contribution in [3.8, 4) is 0 Å². The quantitative estimate of drug-likeness (QED) is 0.524. The second-order valence-corrected chi connectivity index (χ2v) is 11.6. The number of morpholine rings is 1. The van der Waals surface area contributed by atoms with E-state index < -0.39 is 0 Å². The molecule has 1 saturated carbocycles. The van der Waals surface area contributed by atoms with Gasteiger partial charge in [0.1, 0.15) is 17.5 Å². The normalized spacial score (nSPS) is 23.6. The Morgan fingerprint density at radius 1 is 1.03 bits per heavy atom. The Kier molecular flexibility index (Phi) is 8.09. The summed E-state index contributed by atoms with van der Waals surface area (Å²) in [5, 5.41) is 7.23. The van der Waals surface area contributed by atoms with Crippen LogP contribution in [-0.2, 0) is 10.2 Å². The number of nitrogens with one attached hydrogen (secondary N) is 2. The zero-order valence-electron chi connectivity index (χ0n) is 22.0. The number of anilines is 3. The number of hydrogen-bond acceptors (Lipinski definition) is 6. The maximum atomic E-state index is 13.6. The van der Waals surface area contributed by atoms with Crippen LogP contribution >= 0.6 is 12.2 Å². The minimum atomic E-state index is -0.201. The molecule has 0 spiro atoms. The third-order valence-corrected chi connectivity index (χ3v) is 8.30. The van der Waals surface area contributed by atoms with Gasteiger partial charge in [-0.15, -0.1) is 0 Å². The van der Waals surface area contributed by atoms with Gasteiger partial charge in [-0.1, -0.05) is 38.8 Å². The number of aromatic nitrogens is 2. The van der Waals surface area contributed by atoms with E-state index >= 15 is 0 Å². The molecule has 1 aliphatic carbocycles. The molecular formula is C28H39FN6OS. The van der Waals surface area contributed by atoms with E-state index in [2.05, 4.69) is 40.3 Å². The van der Waals surface area contributed by atoms with E-state index in [4.69, 9.17) is 26.9 Å². The average Bonchev–Trinajstić information content (AvgIpc) is 3.38. The van der Waals surface area contributed by atoms with Crippen molar-refractivity contribution in [3.63, 3.8) is 0 Å². The van der Waals surface area contributed by atoms with E-state index in [1.54, 1.807) is 12.1 Å². The fourth-order valence-corrected chi connectivity index (χ4v) is 6.43. The summed E-state index contributed by atoms with van der Waals surface area (Å²) in [6, 6.07) is 9.06. The van der Waals surface area contributed by atoms with Crippen LogP contribution < -0.4 is 20.4 Å². The predicted octanol–water partition coefficient (Wildman–Crippen LogP) is 4.73. The molecule has 2 aliphatic heterocycles. The van der Waals surface area contributed by atoms with Crippen molar-refractivity contribution in [2.45, 2.75) is 51.4 Å². The Labute approximate surface area is 225 Å². The predicted molar refractivity (Wildman–Crippen MR) is 151 cm³/mol. The fraction of sp³-hybridized carbons (Fsp3) is 0.607. The summed E-state index contributed by atoms with van der Waals surface area (Å²) >= 11 is 5.72. The molecule has 200 valence electrons. The number of thiocarbonyl (C=S) groups is 1. The molecule has 2 aromatic rings. The van der Waals surface area contributed by atoms with E-state index in [-0.39, 0.29) is 11.2 Å². The highest BCUT2D eigenvalue weighted by Crippen LogP contribution is 2.40. The summed E-state index contributed by atoms with van der Waals surface area (Å²) in [6.07, 6.45) is 5.70. The highest BCUT2D eigenvalue weighted by atomic mass is 32.1. The minimum absolute atomic E-state index is 0.0405. The maximum absolute atomic E-state index is 13.6. The largest absolute Gasteiger partial charge is 0.378 e. The smallest absolute Gasteiger partial charge is 0.232 e. The molecule has 0 bridgehead atoms. The van der Waals surface area contributed by atoms with Gasteiger partial charge in [0, 0.05) is 44.2 Å². The van der Waals surface area contributed by atoms with Crippen molar-refractivity contribution in [1.82, 2.24) is 15.3 Å². The number of nitrogens with zero attached hydrogens (tertiary/aromatic N) is 4. The lowest BCUT2D eigenvalue weighted by Gasteiger charge is -2.36. The molecule has 5 rings (SSSR count). The van der Waals surface area contributed by atoms with Gasteiger partial charge >= 0.3 is 0 Å². The Balaban J connectivity index is 1.32. The van der Waals surface area contributed by atoms with Crippen LogP contribution in [0.3, 0.4) is 0 Å². The zero-order chi connectivity index (χ0) is 25.8. The lowest BCUT2D eigenvalue weighted by atomic mass is 9.79. The molecule has 3 aliphatic rings. The van der Waals surface area contributed by atoms with E-state index in [0.29, 0.717) is 42.7 Å². The maximum Gasteiger partial charge on any atom is 0.232 e. The lowest BCUT2D eigenvalue weighted by Crippen LogP contribution is -2.42. The molecule has 3 heterocycles. The molecule has 2 atom stereocenters. The summed E-state index contributed by atoms with van der Waals surface area (Å²) < 4.78 is 19.1. The fourth-order valence-electron chi connectivity index (χ4n) is 6.26. The molecule has 0 radical (unpaired) electrons. The van der Waals surface area contributed by atoms with Crippen molar-refractivity contribution in [2.75, 3.05) is 61.1 Å². The molecule has 2 saturated heterocycles. The minimum Gasteiger partial charge on any atom is -0.378 e. The van der Waals surface area contributed by atoms with E-state index in [9.17, 15) is 4.39 Å². The Bertz CT molecular complexity index is 1060. The van der Waals surface area contributed by atoms with Gasteiger partial charge < -0.3 is 25.2 Å². The van der Waals surface area contributed by atoms with Crippen molar-refractivity contribution in [2.24, 2.45) is 11.8 Å². The highest BCUT2D eigenvalue weighted by molar-refractivity contribution is 7.80. The van der Waals surface area contributed by atoms with Crippen LogP contribution in [0, 0.1) is 17.7 Å². The first-order chi connectivity index (χ1) is 17.9. The van der Waals surface area contributed by atoms with Gasteiger partial charge in [-0.3, -0.25) is 0 Å². The van der Waals surface area contributed by atoms with Crippen LogP contribution in [0.4, 0.5) is 22.0 Å². The molecule has 9 heteroatoms. The summed E-state index contributed by atoms with van der Waals surface area (Å²) in [7, 11) is 0. The molecular weight excluding hydrogens is 487 g/mol. The van der Waals surface area contributed by atoms with Gasteiger partial charge in [0.25, 0.3) is 0 Å². The Morgan fingerprint density at radius 3 is 2.30 bits per heavy atom. The number of benzene rings is 1. The molecule has 0 unspecified atom stereocenters. The van der Waals surface area contributed by atoms with E-state index in [0.717, 1.165) is 50.7 Å². The van der Waals surface area contributed by atoms with Gasteiger partial charge in [-0.2, -0.15) is 9.97 Å². The lowest BCUT2D eigenvalue weighted by molar-refractivity contribution is 0.122. The van der Waals surface area contributed by atoms with Gasteiger partial charge in [0.2, 0.25) is 5.95 Å². The summed E-state index contributed by atoms with van der Waals surface area (Å²) in [5.74, 6) is 3.41. The van der Waals surface area contributed by atoms with Crippen LogP contribution in [0.15, 0.2) is 30.3 Å². The van der Waals surface area contributed by atoms with Crippen molar-refractivity contribution in [3.05, 3.63) is 41.7 Å². The number of hydrogen-bond donors (Lipinski definition) is 2. The van der Waals surface area contributed by atoms with Crippen molar-refractivity contribution >= 4 is 34.9 Å². The second-order valence-electron chi connectivity index (χ2n) is 11.2. The van der Waals surface area contributed by atoms with Crippen molar-refractivity contribution < 1.29 is 9.13 Å². The second kappa shape index (κ2) is 11.5. The first kappa shape index (κ1) is 26.1. The number of halogens is 1. The zero-order valence-corrected chi connectivity index (χ0v) is 22.8. The van der Waals surface area contributed by atoms with Crippen molar-refractivity contribution in [1.29, 1.82) is 0 Å². The number of piperidine rings is 1. The number of rotatable bonds is 6. The average molecular weight is 527 g/mol. The molecule has 37 heavy (non-hydrogen) atoms. The van der Waals surface area contributed by atoms with Gasteiger partial charge in [-0.25, -0.2) is 4.39 Å². The monoisotopic (exact) mass is 526 g/mol. The van der Waals surface area contributed by atoms with Crippen LogP contribution in [-0.4, -0.2) is 61.0 Å². The summed E-state index contributed by atoms with van der Waals surface area (Å²) in [5.41, 5.74) is 1.13. The third-order valence-electron chi connectivity index (χ3n) is 8.06. The van der Waals surface area contributed by atoms with E-state index in [1.165, 1.54) is 24.8 Å². The molecule has 1 aromatic carbocycles. The molecule has 2 N–H and O–H groups in total. The molecule has 7 nitrogen and oxygen atoms in total. The van der Waals surface area contributed by atoms with Gasteiger partial charge in [0.05, 0.1) is 13.2 Å². The van der Waals surface area contributed by atoms with Crippen LogP contribution in [0.1, 0.15) is 51.5 Å². The van der Waals surface area contributed by atoms with E-state index in [1.807, 2.05) is 12.1 Å². The van der Waals surface area contributed by atoms with Gasteiger partial charge in [-0.05, 0) is 61.0 Å². The highest BCUT2D eigenvalue weighted by Gasteiger charge is 2.35. The summed E-state index contributed by atoms with van der Waals surface area (Å²) in [4.78, 5) is 14.4. The standard InChI is InChI=1S/C28H39FN6OS/c1-20-15-21(2)18-35(17-20)25-16-24(34-11-13-36-14-12-34)31-26(32-25)33-27(37)30-19-28(9-3-4-10-28)22-5-7-23(29)8-6-22/h5-8,16,20-21H,3-4,9-15,17-19H2,1-2H3,(H2,30,31,32,33,37)/t20-,21-/m1/s1. The van der Waals surface area contributed by atoms with Gasteiger partial charge in [0.15, 0.2) is 5.11 Å². The number of ether oxygens (including phenoxy) is 1. The van der Waals surface area contributed by atoms with Crippen LogP contribution in [0.5, 0.6) is 0 Å². The first-order valence-corrected chi connectivity index (χ1v) is 14.1. The topological polar surface area (TPSA) is 65.6 Å². The Hall–Kier alpha value is -2.52. The van der Waals surface area contributed by atoms with Crippen LogP contribution in [0.25, 0.3) is 0 Å².